The molecule has 0 aromatic heterocycles. The molecule has 9 N–H and O–H groups in total. The summed E-state index contributed by atoms with van der Waals surface area (Å²) in [4.78, 5) is 13.3. The minimum Gasteiger partial charge on any atom is -0.394 e. The van der Waals surface area contributed by atoms with Gasteiger partial charge >= 0.3 is 0 Å². The van der Waals surface area contributed by atoms with Crippen molar-refractivity contribution in [2.45, 2.75) is 319 Å². The van der Waals surface area contributed by atoms with Gasteiger partial charge in [-0.2, -0.15) is 0 Å². The fraction of sp³-hybridized carbons (Fsp3) is 0.803. The number of aliphatic hydroxyl groups excluding tert-OH is 8. The number of allylic oxidation sites excluding steroid dienone is 12. The van der Waals surface area contributed by atoms with E-state index in [0.717, 1.165) is 89.9 Å². The molecule has 0 spiro atoms. The second kappa shape index (κ2) is 50.9. The van der Waals surface area contributed by atoms with Gasteiger partial charge in [-0.1, -0.05) is 247 Å². The molecule has 12 atom stereocenters. The Balaban J connectivity index is 1.63. The molecule has 14 nitrogen and oxygen atoms in total. The average molecular weight is 1130 g/mol. The zero-order chi connectivity index (χ0) is 58.1. The summed E-state index contributed by atoms with van der Waals surface area (Å²) in [6.45, 7) is 2.75. The van der Waals surface area contributed by atoms with Crippen LogP contribution in [0.25, 0.3) is 0 Å². The number of rotatable bonds is 51. The molecule has 2 aliphatic rings. The number of hydrogen-bond donors (Lipinski definition) is 9. The van der Waals surface area contributed by atoms with E-state index in [0.29, 0.717) is 12.8 Å². The van der Waals surface area contributed by atoms with Crippen molar-refractivity contribution in [1.29, 1.82) is 0 Å². The Kier molecular flexibility index (Phi) is 46.8. The van der Waals surface area contributed by atoms with Gasteiger partial charge in [0, 0.05) is 6.42 Å². The van der Waals surface area contributed by atoms with E-state index in [1.54, 1.807) is 0 Å². The van der Waals surface area contributed by atoms with Gasteiger partial charge in [-0.3, -0.25) is 4.79 Å². The SMILES string of the molecule is CC/C=C\C/C=C\C/C=C\C/C=C\C/C=C\C/C=C\CCCCCCCCCCCCCCCCC(=O)NC(COC1OC(CO)C(OC2OC(CO)C(O)C(O)C2O)C(O)C1O)C(O)CCCCCCCCCCCCCCC. The van der Waals surface area contributed by atoms with Crippen LogP contribution in [0, 0.1) is 0 Å². The topological polar surface area (TPSA) is 228 Å². The first-order valence-corrected chi connectivity index (χ1v) is 32.2. The van der Waals surface area contributed by atoms with Gasteiger partial charge in [0.25, 0.3) is 0 Å². The largest absolute Gasteiger partial charge is 0.394 e. The van der Waals surface area contributed by atoms with Gasteiger partial charge in [-0.15, -0.1) is 0 Å². The fourth-order valence-electron chi connectivity index (χ4n) is 10.3. The van der Waals surface area contributed by atoms with Gasteiger partial charge in [0.15, 0.2) is 12.6 Å². The summed E-state index contributed by atoms with van der Waals surface area (Å²) in [6.07, 6.45) is 50.5. The Bertz CT molecular complexity index is 1620. The van der Waals surface area contributed by atoms with Crippen LogP contribution in [0.3, 0.4) is 0 Å². The Morgan fingerprint density at radius 1 is 0.463 bits per heavy atom. The Morgan fingerprint density at radius 2 is 0.863 bits per heavy atom. The van der Waals surface area contributed by atoms with Crippen LogP contribution < -0.4 is 5.32 Å². The summed E-state index contributed by atoms with van der Waals surface area (Å²) in [7, 11) is 0. The van der Waals surface area contributed by atoms with Gasteiger partial charge in [-0.25, -0.2) is 0 Å². The molecule has 0 aromatic carbocycles. The number of nitrogens with one attached hydrogen (secondary N) is 1. The van der Waals surface area contributed by atoms with Crippen LogP contribution in [0.2, 0.25) is 0 Å². The lowest BCUT2D eigenvalue weighted by atomic mass is 9.97. The van der Waals surface area contributed by atoms with Crippen LogP contribution >= 0.6 is 0 Å². The van der Waals surface area contributed by atoms with Crippen molar-refractivity contribution < 1.29 is 64.6 Å². The standard InChI is InChI=1S/C66H117NO13/c1-3-5-7-9-11-13-15-17-18-19-20-21-22-23-24-25-26-27-28-29-30-31-32-33-34-35-36-38-40-42-44-46-48-50-58(71)67-54(55(70)49-47-45-43-41-39-37-16-14-12-10-8-6-4-2)53-77-65-63(76)61(74)64(57(52-69)79-65)80-66-62(75)60(73)59(72)56(51-68)78-66/h5,7,11,13,17-18,20-21,23-24,26-27,54-57,59-66,68-70,72-76H,3-4,6,8-10,12,14-16,19,22,25,28-53H2,1-2H3,(H,67,71)/b7-5-,13-11-,18-17-,21-20-,24-23-,27-26-. The molecule has 2 rings (SSSR count). The number of amides is 1. The summed E-state index contributed by atoms with van der Waals surface area (Å²) in [6, 6.07) is -0.831. The molecule has 2 aliphatic heterocycles. The molecule has 0 bridgehead atoms. The van der Waals surface area contributed by atoms with E-state index in [-0.39, 0.29) is 12.5 Å². The molecule has 2 saturated heterocycles. The van der Waals surface area contributed by atoms with Crippen molar-refractivity contribution in [3.63, 3.8) is 0 Å². The van der Waals surface area contributed by atoms with Crippen LogP contribution in [-0.2, 0) is 23.7 Å². The molecule has 0 saturated carbocycles. The van der Waals surface area contributed by atoms with Gasteiger partial charge in [0.2, 0.25) is 5.91 Å². The van der Waals surface area contributed by atoms with Gasteiger partial charge < -0.3 is 65.1 Å². The highest BCUT2D eigenvalue weighted by Gasteiger charge is 2.51. The molecule has 1 amide bonds. The number of carbonyl (C=O) groups is 1. The minimum atomic E-state index is -1.78. The highest BCUT2D eigenvalue weighted by Crippen LogP contribution is 2.30. The second-order valence-electron chi connectivity index (χ2n) is 22.5. The third kappa shape index (κ3) is 35.5. The minimum absolute atomic E-state index is 0.209. The summed E-state index contributed by atoms with van der Waals surface area (Å²) < 4.78 is 22.8. The molecule has 464 valence electrons. The maximum atomic E-state index is 13.3. The first-order valence-electron chi connectivity index (χ1n) is 32.2. The molecular formula is C66H117NO13. The predicted molar refractivity (Wildman–Crippen MR) is 323 cm³/mol. The molecule has 14 heteroatoms. The van der Waals surface area contributed by atoms with Crippen molar-refractivity contribution in [2.75, 3.05) is 19.8 Å². The number of ether oxygens (including phenoxy) is 4. The second-order valence-corrected chi connectivity index (χ2v) is 22.5. The summed E-state index contributed by atoms with van der Waals surface area (Å²) in [5.41, 5.74) is 0. The van der Waals surface area contributed by atoms with E-state index in [4.69, 9.17) is 18.9 Å². The molecule has 12 unspecified atom stereocenters. The monoisotopic (exact) mass is 1130 g/mol. The molecule has 2 heterocycles. The zero-order valence-electron chi connectivity index (χ0n) is 50.1. The molecule has 0 radical (unpaired) electrons. The van der Waals surface area contributed by atoms with Crippen LogP contribution in [0.4, 0.5) is 0 Å². The normalized spacial score (nSPS) is 24.7. The maximum Gasteiger partial charge on any atom is 0.220 e. The lowest BCUT2D eigenvalue weighted by molar-refractivity contribution is -0.359. The molecule has 0 aliphatic carbocycles. The first kappa shape index (κ1) is 73.5. The van der Waals surface area contributed by atoms with Crippen LogP contribution in [0.15, 0.2) is 72.9 Å². The molecule has 0 aromatic rings. The quantitative estimate of drug-likeness (QED) is 0.0204. The van der Waals surface area contributed by atoms with Crippen molar-refractivity contribution in [3.05, 3.63) is 72.9 Å². The Labute approximate surface area is 485 Å². The van der Waals surface area contributed by atoms with E-state index in [1.807, 2.05) is 0 Å². The van der Waals surface area contributed by atoms with Crippen molar-refractivity contribution in [1.82, 2.24) is 5.32 Å². The van der Waals surface area contributed by atoms with Crippen molar-refractivity contribution in [2.24, 2.45) is 0 Å². The van der Waals surface area contributed by atoms with Gasteiger partial charge in [0.1, 0.15) is 48.8 Å². The number of hydrogen-bond acceptors (Lipinski definition) is 13. The smallest absolute Gasteiger partial charge is 0.220 e. The highest BCUT2D eigenvalue weighted by molar-refractivity contribution is 5.76. The highest BCUT2D eigenvalue weighted by atomic mass is 16.7. The lowest BCUT2D eigenvalue weighted by Crippen LogP contribution is -2.65. The number of unbranched alkanes of at least 4 members (excludes halogenated alkanes) is 26. The molecular weight excluding hydrogens is 1010 g/mol. The molecule has 80 heavy (non-hydrogen) atoms. The van der Waals surface area contributed by atoms with Gasteiger partial charge in [0.05, 0.1) is 32.0 Å². The van der Waals surface area contributed by atoms with Crippen LogP contribution in [0.5, 0.6) is 0 Å². The predicted octanol–water partition coefficient (Wildman–Crippen LogP) is 11.9. The summed E-state index contributed by atoms with van der Waals surface area (Å²) in [5.74, 6) is -0.209. The third-order valence-corrected chi connectivity index (χ3v) is 15.4. The average Bonchev–Trinajstić information content (AvgIpc) is 3.49. The molecule has 2 fully saturated rings. The van der Waals surface area contributed by atoms with E-state index >= 15 is 0 Å². The first-order chi connectivity index (χ1) is 39.1. The lowest BCUT2D eigenvalue weighted by Gasteiger charge is -2.46. The van der Waals surface area contributed by atoms with E-state index in [2.05, 4.69) is 92.1 Å². The van der Waals surface area contributed by atoms with E-state index < -0.39 is 86.8 Å². The van der Waals surface area contributed by atoms with Crippen LogP contribution in [-0.4, -0.2) is 140 Å². The zero-order valence-corrected chi connectivity index (χ0v) is 50.1. The maximum absolute atomic E-state index is 13.3. The Morgan fingerprint density at radius 3 is 1.32 bits per heavy atom. The van der Waals surface area contributed by atoms with Crippen LogP contribution in [0.1, 0.15) is 245 Å². The van der Waals surface area contributed by atoms with E-state index in [9.17, 15) is 45.6 Å². The number of aliphatic hydroxyl groups is 8. The fourth-order valence-corrected chi connectivity index (χ4v) is 10.3. The Hall–Kier alpha value is -2.57. The third-order valence-electron chi connectivity index (χ3n) is 15.4. The number of carbonyl (C=O) groups excluding carboxylic acids is 1. The van der Waals surface area contributed by atoms with E-state index in [1.165, 1.54) is 128 Å². The van der Waals surface area contributed by atoms with Crippen molar-refractivity contribution >= 4 is 5.91 Å². The van der Waals surface area contributed by atoms with Gasteiger partial charge in [-0.05, 0) is 64.2 Å². The summed E-state index contributed by atoms with van der Waals surface area (Å²) in [5, 5.41) is 87.3. The summed E-state index contributed by atoms with van der Waals surface area (Å²) >= 11 is 0. The van der Waals surface area contributed by atoms with Crippen molar-refractivity contribution in [3.8, 4) is 0 Å².